The van der Waals surface area contributed by atoms with Crippen molar-refractivity contribution in [3.63, 3.8) is 0 Å². The van der Waals surface area contributed by atoms with Gasteiger partial charge in [-0.1, -0.05) is 18.2 Å². The van der Waals surface area contributed by atoms with Crippen LogP contribution >= 0.6 is 0 Å². The molecule has 27 heavy (non-hydrogen) atoms. The number of aryl methyl sites for hydroxylation is 1. The van der Waals surface area contributed by atoms with Crippen LogP contribution in [0.25, 0.3) is 0 Å². The third-order valence-corrected chi connectivity index (χ3v) is 4.60. The molecule has 1 amide bonds. The van der Waals surface area contributed by atoms with Gasteiger partial charge in [0.1, 0.15) is 5.56 Å². The molecule has 2 N–H and O–H groups in total. The van der Waals surface area contributed by atoms with Gasteiger partial charge in [0.15, 0.2) is 6.61 Å². The second kappa shape index (κ2) is 8.53. The standard InChI is InChI=1S/C20H23N3O4/c1-14-7-8-17(19(25)22-14)20(26)27-13-18(24)21-11-15-9-10-23(12-15)16-5-3-2-4-6-16/h2-8,15H,9-13H2,1H3,(H,21,24)(H,22,25)/t15-/m0/s1. The Balaban J connectivity index is 1.41. The van der Waals surface area contributed by atoms with E-state index in [0.29, 0.717) is 18.2 Å². The average Bonchev–Trinajstić information content (AvgIpc) is 3.14. The Bertz CT molecular complexity index is 863. The summed E-state index contributed by atoms with van der Waals surface area (Å²) in [5, 5.41) is 2.80. The minimum atomic E-state index is -0.803. The smallest absolute Gasteiger partial charge is 0.344 e. The van der Waals surface area contributed by atoms with Crippen molar-refractivity contribution in [3.05, 3.63) is 64.1 Å². The number of anilines is 1. The lowest BCUT2D eigenvalue weighted by atomic mass is 10.1. The molecule has 1 atom stereocenters. The Hall–Kier alpha value is -3.09. The van der Waals surface area contributed by atoms with Gasteiger partial charge in [0.25, 0.3) is 11.5 Å². The number of carbonyl (C=O) groups is 2. The van der Waals surface area contributed by atoms with Crippen LogP contribution in [-0.2, 0) is 9.53 Å². The molecule has 1 fully saturated rings. The lowest BCUT2D eigenvalue weighted by Gasteiger charge is -2.18. The zero-order valence-corrected chi connectivity index (χ0v) is 15.2. The van der Waals surface area contributed by atoms with Gasteiger partial charge in [0.05, 0.1) is 0 Å². The molecule has 7 nitrogen and oxygen atoms in total. The van der Waals surface area contributed by atoms with Crippen molar-refractivity contribution in [2.75, 3.05) is 31.1 Å². The first-order chi connectivity index (χ1) is 13.0. The van der Waals surface area contributed by atoms with E-state index in [0.717, 1.165) is 19.5 Å². The number of aromatic nitrogens is 1. The molecule has 2 aromatic rings. The molecule has 142 valence electrons. The zero-order chi connectivity index (χ0) is 19.2. The highest BCUT2D eigenvalue weighted by Gasteiger charge is 2.23. The maximum absolute atomic E-state index is 11.9. The lowest BCUT2D eigenvalue weighted by molar-refractivity contribution is -0.124. The number of H-pyrrole nitrogens is 1. The van der Waals surface area contributed by atoms with Gasteiger partial charge in [0.2, 0.25) is 0 Å². The van der Waals surface area contributed by atoms with Crippen LogP contribution in [0.1, 0.15) is 22.5 Å². The Morgan fingerprint density at radius 3 is 2.74 bits per heavy atom. The van der Waals surface area contributed by atoms with Crippen molar-refractivity contribution in [3.8, 4) is 0 Å². The minimum absolute atomic E-state index is 0.109. The van der Waals surface area contributed by atoms with E-state index in [1.807, 2.05) is 18.2 Å². The van der Waals surface area contributed by atoms with Crippen molar-refractivity contribution < 1.29 is 14.3 Å². The molecule has 2 heterocycles. The number of carbonyl (C=O) groups excluding carboxylic acids is 2. The van der Waals surface area contributed by atoms with Gasteiger partial charge in [-0.15, -0.1) is 0 Å². The summed E-state index contributed by atoms with van der Waals surface area (Å²) in [5.41, 5.74) is 1.20. The van der Waals surface area contributed by atoms with Gasteiger partial charge < -0.3 is 19.9 Å². The number of nitrogens with zero attached hydrogens (tertiary/aromatic N) is 1. The van der Waals surface area contributed by atoms with Crippen molar-refractivity contribution in [1.29, 1.82) is 0 Å². The minimum Gasteiger partial charge on any atom is -0.452 e. The molecule has 1 aliphatic heterocycles. The molecule has 7 heteroatoms. The fourth-order valence-electron chi connectivity index (χ4n) is 3.12. The third kappa shape index (κ3) is 4.97. The largest absolute Gasteiger partial charge is 0.452 e. The highest BCUT2D eigenvalue weighted by Crippen LogP contribution is 2.22. The van der Waals surface area contributed by atoms with E-state index in [-0.39, 0.29) is 11.5 Å². The van der Waals surface area contributed by atoms with Gasteiger partial charge in [-0.25, -0.2) is 4.79 Å². The summed E-state index contributed by atoms with van der Waals surface area (Å²) in [4.78, 5) is 40.4. The Morgan fingerprint density at radius 1 is 1.22 bits per heavy atom. The Morgan fingerprint density at radius 2 is 2.00 bits per heavy atom. The maximum atomic E-state index is 11.9. The number of benzene rings is 1. The Kier molecular flexibility index (Phi) is 5.90. The number of hydrogen-bond donors (Lipinski definition) is 2. The number of ether oxygens (including phenoxy) is 1. The molecule has 0 aliphatic carbocycles. The molecule has 1 saturated heterocycles. The van der Waals surface area contributed by atoms with Crippen molar-refractivity contribution in [1.82, 2.24) is 10.3 Å². The summed E-state index contributed by atoms with van der Waals surface area (Å²) in [6.45, 7) is 3.68. The molecule has 0 spiro atoms. The van der Waals surface area contributed by atoms with E-state index in [1.54, 1.807) is 13.0 Å². The highest BCUT2D eigenvalue weighted by atomic mass is 16.5. The predicted molar refractivity (Wildman–Crippen MR) is 102 cm³/mol. The second-order valence-electron chi connectivity index (χ2n) is 6.70. The van der Waals surface area contributed by atoms with E-state index in [1.165, 1.54) is 11.8 Å². The van der Waals surface area contributed by atoms with Crippen LogP contribution in [0.5, 0.6) is 0 Å². The highest BCUT2D eigenvalue weighted by molar-refractivity contribution is 5.90. The van der Waals surface area contributed by atoms with Gasteiger partial charge in [-0.05, 0) is 43.5 Å². The number of esters is 1. The van der Waals surface area contributed by atoms with E-state index in [4.69, 9.17) is 4.74 Å². The summed E-state index contributed by atoms with van der Waals surface area (Å²) in [7, 11) is 0. The predicted octanol–water partition coefficient (Wildman–Crippen LogP) is 1.48. The summed E-state index contributed by atoms with van der Waals surface area (Å²) < 4.78 is 4.93. The van der Waals surface area contributed by atoms with Crippen LogP contribution < -0.4 is 15.8 Å². The summed E-state index contributed by atoms with van der Waals surface area (Å²) in [5.74, 6) is -0.822. The van der Waals surface area contributed by atoms with Crippen LogP contribution in [-0.4, -0.2) is 43.1 Å². The fraction of sp³-hybridized carbons (Fsp3) is 0.350. The summed E-state index contributed by atoms with van der Waals surface area (Å²) >= 11 is 0. The van der Waals surface area contributed by atoms with Gasteiger partial charge in [-0.2, -0.15) is 0 Å². The summed E-state index contributed by atoms with van der Waals surface area (Å²) in [6.07, 6.45) is 0.994. The number of nitrogens with one attached hydrogen (secondary N) is 2. The number of aromatic amines is 1. The summed E-state index contributed by atoms with van der Waals surface area (Å²) in [6, 6.07) is 13.2. The number of pyridine rings is 1. The monoisotopic (exact) mass is 369 g/mol. The molecule has 0 radical (unpaired) electrons. The van der Waals surface area contributed by atoms with Crippen molar-refractivity contribution >= 4 is 17.6 Å². The number of hydrogen-bond acceptors (Lipinski definition) is 5. The van der Waals surface area contributed by atoms with Crippen molar-refractivity contribution in [2.24, 2.45) is 5.92 Å². The van der Waals surface area contributed by atoms with Gasteiger partial charge >= 0.3 is 5.97 Å². The normalized spacial score (nSPS) is 16.2. The molecular weight excluding hydrogens is 346 g/mol. The van der Waals surface area contributed by atoms with E-state index < -0.39 is 18.1 Å². The molecule has 3 rings (SSSR count). The maximum Gasteiger partial charge on any atom is 0.344 e. The molecule has 1 aromatic heterocycles. The van der Waals surface area contributed by atoms with Crippen LogP contribution in [0, 0.1) is 12.8 Å². The van der Waals surface area contributed by atoms with Crippen LogP contribution in [0.3, 0.4) is 0 Å². The topological polar surface area (TPSA) is 91.5 Å². The second-order valence-corrected chi connectivity index (χ2v) is 6.70. The quantitative estimate of drug-likeness (QED) is 0.753. The molecule has 0 saturated carbocycles. The molecule has 1 aromatic carbocycles. The first-order valence-corrected chi connectivity index (χ1v) is 8.96. The third-order valence-electron chi connectivity index (χ3n) is 4.60. The fourth-order valence-corrected chi connectivity index (χ4v) is 3.12. The van der Waals surface area contributed by atoms with E-state index >= 15 is 0 Å². The van der Waals surface area contributed by atoms with Crippen LogP contribution in [0.15, 0.2) is 47.3 Å². The number of para-hydroxylation sites is 1. The van der Waals surface area contributed by atoms with E-state index in [2.05, 4.69) is 27.3 Å². The first-order valence-electron chi connectivity index (χ1n) is 8.96. The molecule has 1 aliphatic rings. The zero-order valence-electron chi connectivity index (χ0n) is 15.2. The lowest BCUT2D eigenvalue weighted by Crippen LogP contribution is -2.34. The SMILES string of the molecule is Cc1ccc(C(=O)OCC(=O)NC[C@@H]2CCN(c3ccccc3)C2)c(=O)[nH]1. The van der Waals surface area contributed by atoms with Gasteiger partial charge in [0, 0.05) is 31.0 Å². The van der Waals surface area contributed by atoms with E-state index in [9.17, 15) is 14.4 Å². The van der Waals surface area contributed by atoms with Crippen molar-refractivity contribution in [2.45, 2.75) is 13.3 Å². The number of rotatable bonds is 6. The van der Waals surface area contributed by atoms with Crippen LogP contribution in [0.2, 0.25) is 0 Å². The first kappa shape index (κ1) is 18.7. The van der Waals surface area contributed by atoms with Crippen LogP contribution in [0.4, 0.5) is 5.69 Å². The average molecular weight is 369 g/mol. The number of amides is 1. The molecule has 0 unspecified atom stereocenters. The van der Waals surface area contributed by atoms with Gasteiger partial charge in [-0.3, -0.25) is 9.59 Å². The Labute approximate surface area is 157 Å². The molecular formula is C20H23N3O4. The molecule has 0 bridgehead atoms.